The fourth-order valence-corrected chi connectivity index (χ4v) is 3.65. The van der Waals surface area contributed by atoms with Crippen LogP contribution in [0.3, 0.4) is 0 Å². The van der Waals surface area contributed by atoms with Gasteiger partial charge in [0.2, 0.25) is 0 Å². The van der Waals surface area contributed by atoms with E-state index in [2.05, 4.69) is 5.32 Å². The molecule has 0 aliphatic carbocycles. The number of carbonyl (C=O) groups excluding carboxylic acids is 1. The molecule has 1 aliphatic rings. The van der Waals surface area contributed by atoms with Crippen molar-refractivity contribution in [1.29, 1.82) is 0 Å². The molecule has 120 valence electrons. The van der Waals surface area contributed by atoms with Crippen LogP contribution in [-0.4, -0.2) is 28.0 Å². The average Bonchev–Trinajstić information content (AvgIpc) is 2.54. The van der Waals surface area contributed by atoms with Crippen LogP contribution in [0.15, 0.2) is 47.4 Å². The lowest BCUT2D eigenvalue weighted by Crippen LogP contribution is -2.25. The number of rotatable bonds is 4. The fourth-order valence-electron chi connectivity index (χ4n) is 2.28. The number of sulfone groups is 1. The molecule has 1 heterocycles. The van der Waals surface area contributed by atoms with Crippen LogP contribution in [0.2, 0.25) is 0 Å². The minimum Gasteiger partial charge on any atom is -0.497 e. The van der Waals surface area contributed by atoms with Crippen molar-refractivity contribution in [1.82, 2.24) is 0 Å². The van der Waals surface area contributed by atoms with E-state index in [1.165, 1.54) is 12.1 Å². The van der Waals surface area contributed by atoms with E-state index in [1.54, 1.807) is 37.4 Å². The molecule has 0 spiro atoms. The van der Waals surface area contributed by atoms with Crippen molar-refractivity contribution >= 4 is 21.4 Å². The van der Waals surface area contributed by atoms with Gasteiger partial charge in [-0.1, -0.05) is 12.1 Å². The highest BCUT2D eigenvalue weighted by Gasteiger charge is 2.21. The Morgan fingerprint density at radius 3 is 2.61 bits per heavy atom. The number of anilines is 1. The summed E-state index contributed by atoms with van der Waals surface area (Å²) < 4.78 is 35.4. The van der Waals surface area contributed by atoms with Crippen molar-refractivity contribution in [3.63, 3.8) is 0 Å². The topological polar surface area (TPSA) is 81.7 Å². The van der Waals surface area contributed by atoms with Gasteiger partial charge in [-0.3, -0.25) is 4.79 Å². The molecule has 2 aromatic rings. The Labute approximate surface area is 134 Å². The van der Waals surface area contributed by atoms with Gasteiger partial charge < -0.3 is 14.8 Å². The van der Waals surface area contributed by atoms with Crippen molar-refractivity contribution < 1.29 is 22.7 Å². The van der Waals surface area contributed by atoms with Gasteiger partial charge in [0.15, 0.2) is 16.4 Å². The van der Waals surface area contributed by atoms with Crippen LogP contribution in [0.5, 0.6) is 11.5 Å². The first-order valence-electron chi connectivity index (χ1n) is 6.90. The summed E-state index contributed by atoms with van der Waals surface area (Å²) >= 11 is 0. The molecular weight excluding hydrogens is 318 g/mol. The Bertz CT molecular complexity index is 843. The fraction of sp³-hybridized carbons (Fsp3) is 0.188. The number of hydrogen-bond acceptors (Lipinski definition) is 5. The quantitative estimate of drug-likeness (QED) is 0.925. The standard InChI is InChI=1S/C16H15NO5S/c1-21-12-4-2-11(3-5-12)10-23(19,20)13-6-7-15-14(8-13)17-16(18)9-22-15/h2-8H,9-10H2,1H3,(H,17,18). The summed E-state index contributed by atoms with van der Waals surface area (Å²) in [5.41, 5.74) is 1.03. The third kappa shape index (κ3) is 3.29. The maximum atomic E-state index is 12.5. The van der Waals surface area contributed by atoms with Crippen LogP contribution in [0.25, 0.3) is 0 Å². The normalized spacial score (nSPS) is 13.7. The molecule has 1 aliphatic heterocycles. The molecule has 0 unspecified atom stereocenters. The molecule has 6 nitrogen and oxygen atoms in total. The number of carbonyl (C=O) groups is 1. The smallest absolute Gasteiger partial charge is 0.262 e. The molecule has 0 saturated carbocycles. The number of nitrogens with one attached hydrogen (secondary N) is 1. The molecule has 7 heteroatoms. The zero-order valence-corrected chi connectivity index (χ0v) is 13.2. The van der Waals surface area contributed by atoms with Crippen LogP contribution < -0.4 is 14.8 Å². The predicted octanol–water partition coefficient (Wildman–Crippen LogP) is 2.00. The molecule has 2 aromatic carbocycles. The highest BCUT2D eigenvalue weighted by molar-refractivity contribution is 7.90. The largest absolute Gasteiger partial charge is 0.497 e. The van der Waals surface area contributed by atoms with Crippen LogP contribution >= 0.6 is 0 Å². The Morgan fingerprint density at radius 2 is 1.91 bits per heavy atom. The zero-order chi connectivity index (χ0) is 16.4. The Kier molecular flexibility index (Phi) is 3.96. The number of hydrogen-bond donors (Lipinski definition) is 1. The van der Waals surface area contributed by atoms with Gasteiger partial charge in [0.05, 0.1) is 23.4 Å². The molecular formula is C16H15NO5S. The Morgan fingerprint density at radius 1 is 1.17 bits per heavy atom. The molecule has 0 bridgehead atoms. The van der Waals surface area contributed by atoms with E-state index in [9.17, 15) is 13.2 Å². The lowest BCUT2D eigenvalue weighted by Gasteiger charge is -2.18. The second-order valence-corrected chi connectivity index (χ2v) is 7.09. The number of benzene rings is 2. The molecule has 0 saturated heterocycles. The molecule has 0 radical (unpaired) electrons. The van der Waals surface area contributed by atoms with Crippen molar-refractivity contribution in [3.8, 4) is 11.5 Å². The molecule has 0 aromatic heterocycles. The summed E-state index contributed by atoms with van der Waals surface area (Å²) in [6, 6.07) is 11.3. The summed E-state index contributed by atoms with van der Waals surface area (Å²) in [7, 11) is -1.98. The van der Waals surface area contributed by atoms with Gasteiger partial charge in [-0.25, -0.2) is 8.42 Å². The van der Waals surface area contributed by atoms with Gasteiger partial charge >= 0.3 is 0 Å². The van der Waals surface area contributed by atoms with Gasteiger partial charge in [0.25, 0.3) is 5.91 Å². The van der Waals surface area contributed by atoms with Gasteiger partial charge in [0, 0.05) is 0 Å². The maximum absolute atomic E-state index is 12.5. The van der Waals surface area contributed by atoms with Crippen LogP contribution in [0.1, 0.15) is 5.56 Å². The molecule has 23 heavy (non-hydrogen) atoms. The number of fused-ring (bicyclic) bond motifs is 1. The molecule has 3 rings (SSSR count). The van der Waals surface area contributed by atoms with Gasteiger partial charge in [-0.05, 0) is 35.9 Å². The van der Waals surface area contributed by atoms with Crippen LogP contribution in [-0.2, 0) is 20.4 Å². The highest BCUT2D eigenvalue weighted by Crippen LogP contribution is 2.31. The highest BCUT2D eigenvalue weighted by atomic mass is 32.2. The first-order valence-corrected chi connectivity index (χ1v) is 8.55. The SMILES string of the molecule is COc1ccc(CS(=O)(=O)c2ccc3c(c2)NC(=O)CO3)cc1. The number of amides is 1. The van der Waals surface area contributed by atoms with Gasteiger partial charge in [-0.15, -0.1) is 0 Å². The monoisotopic (exact) mass is 333 g/mol. The van der Waals surface area contributed by atoms with E-state index < -0.39 is 9.84 Å². The number of methoxy groups -OCH3 is 1. The molecule has 0 fully saturated rings. The van der Waals surface area contributed by atoms with Crippen molar-refractivity contribution in [3.05, 3.63) is 48.0 Å². The van der Waals surface area contributed by atoms with Crippen molar-refractivity contribution in [2.24, 2.45) is 0 Å². The first kappa shape index (κ1) is 15.4. The third-order valence-corrected chi connectivity index (χ3v) is 5.14. The summed E-state index contributed by atoms with van der Waals surface area (Å²) in [4.78, 5) is 11.5. The van der Waals surface area contributed by atoms with E-state index >= 15 is 0 Å². The van der Waals surface area contributed by atoms with E-state index in [0.29, 0.717) is 22.7 Å². The molecule has 0 atom stereocenters. The lowest BCUT2D eigenvalue weighted by molar-refractivity contribution is -0.118. The molecule has 1 amide bonds. The molecule has 1 N–H and O–H groups in total. The number of ether oxygens (including phenoxy) is 2. The van der Waals surface area contributed by atoms with Crippen LogP contribution in [0, 0.1) is 0 Å². The third-order valence-electron chi connectivity index (χ3n) is 3.46. The van der Waals surface area contributed by atoms with Crippen molar-refractivity contribution in [2.75, 3.05) is 19.0 Å². The summed E-state index contributed by atoms with van der Waals surface area (Å²) in [5.74, 6) is 0.694. The summed E-state index contributed by atoms with van der Waals surface area (Å²) in [6.07, 6.45) is 0. The van der Waals surface area contributed by atoms with E-state index in [-0.39, 0.29) is 23.2 Å². The second kappa shape index (κ2) is 5.92. The minimum absolute atomic E-state index is 0.0645. The predicted molar refractivity (Wildman–Crippen MR) is 84.5 cm³/mol. The van der Waals surface area contributed by atoms with Gasteiger partial charge in [-0.2, -0.15) is 0 Å². The maximum Gasteiger partial charge on any atom is 0.262 e. The summed E-state index contributed by atoms with van der Waals surface area (Å²) in [6.45, 7) is -0.0645. The second-order valence-electron chi connectivity index (χ2n) is 5.10. The Balaban J connectivity index is 1.87. The van der Waals surface area contributed by atoms with Crippen molar-refractivity contribution in [2.45, 2.75) is 10.6 Å². The van der Waals surface area contributed by atoms with Gasteiger partial charge in [0.1, 0.15) is 11.5 Å². The lowest BCUT2D eigenvalue weighted by atomic mass is 10.2. The van der Waals surface area contributed by atoms with E-state index in [0.717, 1.165) is 0 Å². The minimum atomic E-state index is -3.53. The zero-order valence-electron chi connectivity index (χ0n) is 12.4. The van der Waals surface area contributed by atoms with E-state index in [1.807, 2.05) is 0 Å². The Hall–Kier alpha value is -2.54. The summed E-state index contributed by atoms with van der Waals surface area (Å²) in [5, 5.41) is 2.61. The van der Waals surface area contributed by atoms with E-state index in [4.69, 9.17) is 9.47 Å². The first-order chi connectivity index (χ1) is 11.0. The average molecular weight is 333 g/mol. The van der Waals surface area contributed by atoms with Crippen LogP contribution in [0.4, 0.5) is 5.69 Å².